The Balaban J connectivity index is 4.72. The van der Waals surface area contributed by atoms with Crippen molar-refractivity contribution in [3.05, 3.63) is 11.8 Å². The number of esters is 1. The number of carbonyl (C=O) groups excluding carboxylic acids is 2. The van der Waals surface area contributed by atoms with Gasteiger partial charge >= 0.3 is 5.97 Å². The highest BCUT2D eigenvalue weighted by Crippen LogP contribution is 2.01. The molecule has 5 heteroatoms. The van der Waals surface area contributed by atoms with E-state index in [1.807, 2.05) is 0 Å². The fourth-order valence-electron chi connectivity index (χ4n) is 0.816. The first-order valence-electron chi connectivity index (χ1n) is 4.01. The van der Waals surface area contributed by atoms with Gasteiger partial charge in [-0.3, -0.25) is 4.79 Å². The maximum Gasteiger partial charge on any atom is 0.343 e. The van der Waals surface area contributed by atoms with Crippen LogP contribution in [-0.2, 0) is 19.1 Å². The average molecular weight is 201 g/mol. The van der Waals surface area contributed by atoms with Gasteiger partial charge in [0.1, 0.15) is 12.2 Å². The Morgan fingerprint density at radius 1 is 1.29 bits per heavy atom. The summed E-state index contributed by atoms with van der Waals surface area (Å²) in [7, 11) is 6.04. The van der Waals surface area contributed by atoms with E-state index in [2.05, 4.69) is 9.47 Å². The quantitative estimate of drug-likeness (QED) is 0.267. The summed E-state index contributed by atoms with van der Waals surface area (Å²) in [5.74, 6) is -1.05. The number of methoxy groups -OCH3 is 2. The lowest BCUT2D eigenvalue weighted by Crippen LogP contribution is -2.21. The predicted molar refractivity (Wildman–Crippen MR) is 50.7 cm³/mol. The molecule has 0 atom stereocenters. The summed E-state index contributed by atoms with van der Waals surface area (Å²) in [5, 5.41) is 0. The normalized spacial score (nSPS) is 11.0. The molecule has 0 aliphatic carbocycles. The Hall–Kier alpha value is -1.36. The van der Waals surface area contributed by atoms with Gasteiger partial charge in [0.2, 0.25) is 0 Å². The Bertz CT molecular complexity index is 245. The van der Waals surface area contributed by atoms with Crippen LogP contribution < -0.4 is 0 Å². The van der Waals surface area contributed by atoms with Crippen LogP contribution in [0.25, 0.3) is 0 Å². The van der Waals surface area contributed by atoms with E-state index >= 15 is 0 Å². The SMILES string of the molecule is COCC(=O)/C(=C/N(C)C)C(=O)OC. The second-order valence-electron chi connectivity index (χ2n) is 2.85. The lowest BCUT2D eigenvalue weighted by atomic mass is 10.2. The first kappa shape index (κ1) is 12.6. The van der Waals surface area contributed by atoms with Gasteiger partial charge in [-0.25, -0.2) is 4.79 Å². The molecule has 14 heavy (non-hydrogen) atoms. The molecular weight excluding hydrogens is 186 g/mol. The lowest BCUT2D eigenvalue weighted by molar-refractivity contribution is -0.138. The van der Waals surface area contributed by atoms with Crippen molar-refractivity contribution in [2.45, 2.75) is 0 Å². The van der Waals surface area contributed by atoms with Crippen molar-refractivity contribution in [1.82, 2.24) is 4.90 Å². The Morgan fingerprint density at radius 3 is 2.21 bits per heavy atom. The van der Waals surface area contributed by atoms with Gasteiger partial charge in [-0.1, -0.05) is 0 Å². The van der Waals surface area contributed by atoms with Crippen LogP contribution >= 0.6 is 0 Å². The zero-order chi connectivity index (χ0) is 11.1. The molecule has 0 spiro atoms. The highest BCUT2D eigenvalue weighted by Gasteiger charge is 2.18. The molecular formula is C9H15NO4. The van der Waals surface area contributed by atoms with Crippen LogP contribution in [0.15, 0.2) is 11.8 Å². The van der Waals surface area contributed by atoms with E-state index < -0.39 is 11.8 Å². The van der Waals surface area contributed by atoms with Crippen molar-refractivity contribution in [2.75, 3.05) is 34.9 Å². The Labute approximate surface area is 83.3 Å². The molecule has 80 valence electrons. The van der Waals surface area contributed by atoms with E-state index in [9.17, 15) is 9.59 Å². The molecule has 0 bridgehead atoms. The van der Waals surface area contributed by atoms with Crippen molar-refractivity contribution in [3.8, 4) is 0 Å². The minimum Gasteiger partial charge on any atom is -0.465 e. The number of Topliss-reactive ketones (excluding diaryl/α,β-unsaturated/α-hetero) is 1. The molecule has 0 heterocycles. The summed E-state index contributed by atoms with van der Waals surface area (Å²) in [6, 6.07) is 0. The van der Waals surface area contributed by atoms with Crippen molar-refractivity contribution in [2.24, 2.45) is 0 Å². The maximum atomic E-state index is 11.4. The first-order chi connectivity index (χ1) is 6.52. The zero-order valence-corrected chi connectivity index (χ0v) is 8.86. The number of rotatable bonds is 5. The smallest absolute Gasteiger partial charge is 0.343 e. The van der Waals surface area contributed by atoms with Gasteiger partial charge in [0, 0.05) is 27.4 Å². The van der Waals surface area contributed by atoms with Gasteiger partial charge in [0.15, 0.2) is 5.78 Å². The number of nitrogens with zero attached hydrogens (tertiary/aromatic N) is 1. The number of hydrogen-bond donors (Lipinski definition) is 0. The van der Waals surface area contributed by atoms with Gasteiger partial charge < -0.3 is 14.4 Å². The second kappa shape index (κ2) is 6.15. The van der Waals surface area contributed by atoms with Gasteiger partial charge in [-0.15, -0.1) is 0 Å². The molecule has 0 radical (unpaired) electrons. The van der Waals surface area contributed by atoms with Crippen molar-refractivity contribution in [3.63, 3.8) is 0 Å². The highest BCUT2D eigenvalue weighted by atomic mass is 16.5. The fraction of sp³-hybridized carbons (Fsp3) is 0.556. The minimum absolute atomic E-state index is 0.0145. The summed E-state index contributed by atoms with van der Waals surface area (Å²) < 4.78 is 9.11. The standard InChI is InChI=1S/C9H15NO4/c1-10(2)5-7(9(12)14-4)8(11)6-13-3/h5H,6H2,1-4H3/b7-5-. The maximum absolute atomic E-state index is 11.4. The second-order valence-corrected chi connectivity index (χ2v) is 2.85. The van der Waals surface area contributed by atoms with Crippen LogP contribution in [0, 0.1) is 0 Å². The average Bonchev–Trinajstić information content (AvgIpc) is 2.13. The zero-order valence-electron chi connectivity index (χ0n) is 8.86. The number of ketones is 1. The molecule has 0 amide bonds. The van der Waals surface area contributed by atoms with Crippen LogP contribution in [0.4, 0.5) is 0 Å². The fourth-order valence-corrected chi connectivity index (χ4v) is 0.816. The molecule has 0 aliphatic rings. The summed E-state index contributed by atoms with van der Waals surface area (Å²) in [6.07, 6.45) is 1.41. The lowest BCUT2D eigenvalue weighted by Gasteiger charge is -2.08. The number of carbonyl (C=O) groups is 2. The van der Waals surface area contributed by atoms with Crippen molar-refractivity contribution < 1.29 is 19.1 Å². The van der Waals surface area contributed by atoms with E-state index in [0.29, 0.717) is 0 Å². The molecule has 0 saturated carbocycles. The number of hydrogen-bond acceptors (Lipinski definition) is 5. The van der Waals surface area contributed by atoms with E-state index in [4.69, 9.17) is 0 Å². The van der Waals surface area contributed by atoms with Crippen molar-refractivity contribution >= 4 is 11.8 Å². The van der Waals surface area contributed by atoms with Crippen LogP contribution in [0.5, 0.6) is 0 Å². The van der Waals surface area contributed by atoms with Gasteiger partial charge in [-0.2, -0.15) is 0 Å². The van der Waals surface area contributed by atoms with E-state index in [1.54, 1.807) is 19.0 Å². The Morgan fingerprint density at radius 2 is 1.86 bits per heavy atom. The molecule has 0 aromatic heterocycles. The van der Waals surface area contributed by atoms with E-state index in [0.717, 1.165) is 0 Å². The largest absolute Gasteiger partial charge is 0.465 e. The third kappa shape index (κ3) is 4.04. The summed E-state index contributed by atoms with van der Waals surface area (Å²) in [5.41, 5.74) is -0.0145. The molecule has 0 aromatic carbocycles. The first-order valence-corrected chi connectivity index (χ1v) is 4.01. The van der Waals surface area contributed by atoms with Crippen LogP contribution in [0.3, 0.4) is 0 Å². The molecule has 0 aromatic rings. The summed E-state index contributed by atoms with van der Waals surface area (Å²) >= 11 is 0. The Kier molecular flexibility index (Phi) is 5.55. The summed E-state index contributed by atoms with van der Waals surface area (Å²) in [6.45, 7) is -0.130. The van der Waals surface area contributed by atoms with Gasteiger partial charge in [0.25, 0.3) is 0 Å². The molecule has 5 nitrogen and oxygen atoms in total. The van der Waals surface area contributed by atoms with Crippen molar-refractivity contribution in [1.29, 1.82) is 0 Å². The third-order valence-electron chi connectivity index (χ3n) is 1.37. The van der Waals surface area contributed by atoms with Crippen LogP contribution in [0.1, 0.15) is 0 Å². The van der Waals surface area contributed by atoms with Gasteiger partial charge in [-0.05, 0) is 0 Å². The molecule has 0 fully saturated rings. The molecule has 0 aliphatic heterocycles. The molecule has 0 saturated heterocycles. The van der Waals surface area contributed by atoms with E-state index in [-0.39, 0.29) is 12.2 Å². The summed E-state index contributed by atoms with van der Waals surface area (Å²) in [4.78, 5) is 24.1. The van der Waals surface area contributed by atoms with E-state index in [1.165, 1.54) is 20.4 Å². The molecule has 0 N–H and O–H groups in total. The van der Waals surface area contributed by atoms with Gasteiger partial charge in [0.05, 0.1) is 7.11 Å². The predicted octanol–water partition coefficient (Wildman–Crippen LogP) is -0.180. The molecule has 0 unspecified atom stereocenters. The number of ether oxygens (including phenoxy) is 2. The topological polar surface area (TPSA) is 55.8 Å². The molecule has 0 rings (SSSR count). The monoisotopic (exact) mass is 201 g/mol. The van der Waals surface area contributed by atoms with Crippen LogP contribution in [0.2, 0.25) is 0 Å². The minimum atomic E-state index is -0.652. The van der Waals surface area contributed by atoms with Crippen LogP contribution in [-0.4, -0.2) is 51.6 Å². The third-order valence-corrected chi connectivity index (χ3v) is 1.37. The highest BCUT2D eigenvalue weighted by molar-refractivity contribution is 6.17.